The number of hydrogen-bond acceptors (Lipinski definition) is 2. The van der Waals surface area contributed by atoms with Crippen molar-refractivity contribution in [2.75, 3.05) is 0 Å². The van der Waals surface area contributed by atoms with E-state index >= 15 is 0 Å². The SMILES string of the molecule is Cc1ccccc1C(N)c1cccc(OC2CC2)c1. The van der Waals surface area contributed by atoms with Crippen LogP contribution in [0.15, 0.2) is 48.5 Å². The monoisotopic (exact) mass is 253 g/mol. The molecule has 0 amide bonds. The van der Waals surface area contributed by atoms with Crippen LogP contribution in [-0.4, -0.2) is 6.10 Å². The lowest BCUT2D eigenvalue weighted by Crippen LogP contribution is -2.13. The Labute approximate surface area is 114 Å². The van der Waals surface area contributed by atoms with Gasteiger partial charge >= 0.3 is 0 Å². The minimum atomic E-state index is -0.0936. The fourth-order valence-electron chi connectivity index (χ4n) is 2.27. The summed E-state index contributed by atoms with van der Waals surface area (Å²) in [6, 6.07) is 16.3. The van der Waals surface area contributed by atoms with E-state index in [0.29, 0.717) is 6.10 Å². The number of rotatable bonds is 4. The molecule has 0 aliphatic heterocycles. The molecule has 2 N–H and O–H groups in total. The first-order valence-electron chi connectivity index (χ1n) is 6.82. The molecule has 1 atom stereocenters. The van der Waals surface area contributed by atoms with Crippen LogP contribution in [0.2, 0.25) is 0 Å². The van der Waals surface area contributed by atoms with Gasteiger partial charge in [-0.1, -0.05) is 36.4 Å². The van der Waals surface area contributed by atoms with Crippen LogP contribution in [0.5, 0.6) is 5.75 Å². The number of nitrogens with two attached hydrogens (primary N) is 1. The van der Waals surface area contributed by atoms with E-state index in [1.165, 1.54) is 24.0 Å². The number of hydrogen-bond donors (Lipinski definition) is 1. The van der Waals surface area contributed by atoms with E-state index in [0.717, 1.165) is 11.3 Å². The van der Waals surface area contributed by atoms with Crippen molar-refractivity contribution in [3.05, 3.63) is 65.2 Å². The molecule has 3 rings (SSSR count). The van der Waals surface area contributed by atoms with Crippen molar-refractivity contribution >= 4 is 0 Å². The van der Waals surface area contributed by atoms with Crippen LogP contribution in [0.4, 0.5) is 0 Å². The first-order valence-corrected chi connectivity index (χ1v) is 6.82. The predicted molar refractivity (Wildman–Crippen MR) is 77.3 cm³/mol. The standard InChI is InChI=1S/C17H19NO/c1-12-5-2-3-8-16(12)17(18)13-6-4-7-15(11-13)19-14-9-10-14/h2-8,11,14,17H,9-10,18H2,1H3. The van der Waals surface area contributed by atoms with Crippen molar-refractivity contribution < 1.29 is 4.74 Å². The van der Waals surface area contributed by atoms with Crippen LogP contribution in [0.1, 0.15) is 35.6 Å². The van der Waals surface area contributed by atoms with E-state index in [1.54, 1.807) is 0 Å². The van der Waals surface area contributed by atoms with E-state index in [2.05, 4.69) is 31.2 Å². The van der Waals surface area contributed by atoms with E-state index < -0.39 is 0 Å². The Morgan fingerprint density at radius 3 is 2.63 bits per heavy atom. The minimum absolute atomic E-state index is 0.0936. The molecule has 2 aromatic carbocycles. The topological polar surface area (TPSA) is 35.2 Å². The third-order valence-electron chi connectivity index (χ3n) is 3.57. The highest BCUT2D eigenvalue weighted by atomic mass is 16.5. The molecule has 0 spiro atoms. The zero-order valence-electron chi connectivity index (χ0n) is 11.2. The molecule has 2 aromatic rings. The maximum Gasteiger partial charge on any atom is 0.120 e. The Bertz CT molecular complexity index is 575. The van der Waals surface area contributed by atoms with E-state index in [-0.39, 0.29) is 6.04 Å². The van der Waals surface area contributed by atoms with Gasteiger partial charge in [0.2, 0.25) is 0 Å². The molecule has 1 saturated carbocycles. The minimum Gasteiger partial charge on any atom is -0.490 e. The molecule has 1 unspecified atom stereocenters. The fraction of sp³-hybridized carbons (Fsp3) is 0.294. The van der Waals surface area contributed by atoms with Gasteiger partial charge in [0, 0.05) is 0 Å². The summed E-state index contributed by atoms with van der Waals surface area (Å²) >= 11 is 0. The van der Waals surface area contributed by atoms with Crippen molar-refractivity contribution in [3.8, 4) is 5.75 Å². The van der Waals surface area contributed by atoms with Crippen LogP contribution in [0.25, 0.3) is 0 Å². The zero-order chi connectivity index (χ0) is 13.2. The van der Waals surface area contributed by atoms with Crippen molar-refractivity contribution in [1.29, 1.82) is 0 Å². The molecule has 2 nitrogen and oxygen atoms in total. The molecule has 1 fully saturated rings. The smallest absolute Gasteiger partial charge is 0.120 e. The Morgan fingerprint density at radius 2 is 1.89 bits per heavy atom. The van der Waals surface area contributed by atoms with E-state index in [4.69, 9.17) is 10.5 Å². The van der Waals surface area contributed by atoms with Crippen molar-refractivity contribution in [1.82, 2.24) is 0 Å². The van der Waals surface area contributed by atoms with Gasteiger partial charge in [-0.25, -0.2) is 0 Å². The fourth-order valence-corrected chi connectivity index (χ4v) is 2.27. The van der Waals surface area contributed by atoms with Crippen LogP contribution in [0.3, 0.4) is 0 Å². The van der Waals surface area contributed by atoms with Crippen LogP contribution < -0.4 is 10.5 Å². The summed E-state index contributed by atoms with van der Waals surface area (Å²) in [5.41, 5.74) is 9.88. The van der Waals surface area contributed by atoms with Crippen molar-refractivity contribution in [2.45, 2.75) is 31.9 Å². The summed E-state index contributed by atoms with van der Waals surface area (Å²) in [5, 5.41) is 0. The average Bonchev–Trinajstić information content (AvgIpc) is 3.23. The third kappa shape index (κ3) is 2.79. The highest BCUT2D eigenvalue weighted by Crippen LogP contribution is 2.29. The van der Waals surface area contributed by atoms with Crippen molar-refractivity contribution in [2.24, 2.45) is 5.73 Å². The van der Waals surface area contributed by atoms with Gasteiger partial charge in [0.05, 0.1) is 12.1 Å². The van der Waals surface area contributed by atoms with Crippen LogP contribution in [-0.2, 0) is 0 Å². The Balaban J connectivity index is 1.86. The average molecular weight is 253 g/mol. The summed E-state index contributed by atoms with van der Waals surface area (Å²) in [6.45, 7) is 2.10. The first-order chi connectivity index (χ1) is 9.24. The van der Waals surface area contributed by atoms with Gasteiger partial charge in [-0.05, 0) is 48.6 Å². The maximum atomic E-state index is 6.38. The highest BCUT2D eigenvalue weighted by Gasteiger charge is 2.23. The lowest BCUT2D eigenvalue weighted by molar-refractivity contribution is 0.303. The van der Waals surface area contributed by atoms with Crippen LogP contribution >= 0.6 is 0 Å². The molecule has 0 radical (unpaired) electrons. The molecule has 2 heteroatoms. The second kappa shape index (κ2) is 5.06. The Kier molecular flexibility index (Phi) is 3.26. The van der Waals surface area contributed by atoms with Gasteiger partial charge < -0.3 is 10.5 Å². The van der Waals surface area contributed by atoms with Gasteiger partial charge in [-0.2, -0.15) is 0 Å². The predicted octanol–water partition coefficient (Wildman–Crippen LogP) is 3.58. The number of ether oxygens (including phenoxy) is 1. The summed E-state index contributed by atoms with van der Waals surface area (Å²) in [6.07, 6.45) is 2.77. The molecule has 98 valence electrons. The first kappa shape index (κ1) is 12.2. The zero-order valence-corrected chi connectivity index (χ0v) is 11.2. The Hall–Kier alpha value is -1.80. The molecule has 1 aliphatic rings. The van der Waals surface area contributed by atoms with Gasteiger partial charge in [0.15, 0.2) is 0 Å². The summed E-state index contributed by atoms with van der Waals surface area (Å²) in [5.74, 6) is 0.934. The molecule has 0 heterocycles. The normalized spacial score (nSPS) is 16.1. The van der Waals surface area contributed by atoms with E-state index in [1.807, 2.05) is 24.3 Å². The second-order valence-electron chi connectivity index (χ2n) is 5.22. The summed E-state index contributed by atoms with van der Waals surface area (Å²) in [7, 11) is 0. The quantitative estimate of drug-likeness (QED) is 0.903. The largest absolute Gasteiger partial charge is 0.490 e. The Morgan fingerprint density at radius 1 is 1.11 bits per heavy atom. The molecule has 0 aromatic heterocycles. The summed E-state index contributed by atoms with van der Waals surface area (Å²) < 4.78 is 5.83. The molecule has 1 aliphatic carbocycles. The van der Waals surface area contributed by atoms with Gasteiger partial charge in [0.25, 0.3) is 0 Å². The van der Waals surface area contributed by atoms with Crippen molar-refractivity contribution in [3.63, 3.8) is 0 Å². The molecule has 0 bridgehead atoms. The highest BCUT2D eigenvalue weighted by molar-refractivity contribution is 5.39. The van der Waals surface area contributed by atoms with Gasteiger partial charge in [0.1, 0.15) is 5.75 Å². The molecular formula is C17H19NO. The number of aryl methyl sites for hydroxylation is 1. The second-order valence-corrected chi connectivity index (χ2v) is 5.22. The number of benzene rings is 2. The van der Waals surface area contributed by atoms with Crippen LogP contribution in [0, 0.1) is 6.92 Å². The van der Waals surface area contributed by atoms with Gasteiger partial charge in [-0.15, -0.1) is 0 Å². The third-order valence-corrected chi connectivity index (χ3v) is 3.57. The molecular weight excluding hydrogens is 234 g/mol. The lowest BCUT2D eigenvalue weighted by Gasteiger charge is -2.16. The van der Waals surface area contributed by atoms with Gasteiger partial charge in [-0.3, -0.25) is 0 Å². The molecule has 19 heavy (non-hydrogen) atoms. The lowest BCUT2D eigenvalue weighted by atomic mass is 9.96. The maximum absolute atomic E-state index is 6.38. The van der Waals surface area contributed by atoms with E-state index in [9.17, 15) is 0 Å². The summed E-state index contributed by atoms with van der Waals surface area (Å²) in [4.78, 5) is 0. The molecule has 0 saturated heterocycles.